The molecule has 8 nitrogen and oxygen atoms in total. The number of nitrogens with zero attached hydrogens (tertiary/aromatic N) is 4. The van der Waals surface area contributed by atoms with E-state index in [0.29, 0.717) is 18.7 Å². The first-order valence-electron chi connectivity index (χ1n) is 7.74. The van der Waals surface area contributed by atoms with E-state index in [1.165, 1.54) is 6.07 Å². The molecule has 0 unspecified atom stereocenters. The van der Waals surface area contributed by atoms with E-state index in [2.05, 4.69) is 10.4 Å². The van der Waals surface area contributed by atoms with E-state index in [1.54, 1.807) is 34.0 Å². The average molecular weight is 331 g/mol. The van der Waals surface area contributed by atoms with E-state index in [0.717, 1.165) is 12.0 Å². The summed E-state index contributed by atoms with van der Waals surface area (Å²) in [4.78, 5) is 24.7. The Morgan fingerprint density at radius 2 is 2.17 bits per heavy atom. The summed E-state index contributed by atoms with van der Waals surface area (Å²) >= 11 is 0. The lowest BCUT2D eigenvalue weighted by molar-refractivity contribution is -0.385. The average Bonchev–Trinajstić information content (AvgIpc) is 2.97. The molecule has 1 aromatic heterocycles. The van der Waals surface area contributed by atoms with Gasteiger partial charge in [0.2, 0.25) is 0 Å². The molecule has 2 aromatic rings. The first-order chi connectivity index (χ1) is 11.5. The Labute approximate surface area is 140 Å². The molecule has 8 heteroatoms. The number of nitrogens with one attached hydrogen (secondary N) is 1. The Balaban J connectivity index is 2.01. The van der Waals surface area contributed by atoms with Crippen molar-refractivity contribution in [1.29, 1.82) is 0 Å². The lowest BCUT2D eigenvalue weighted by Crippen LogP contribution is -2.39. The van der Waals surface area contributed by atoms with Crippen molar-refractivity contribution >= 4 is 11.7 Å². The maximum Gasteiger partial charge on any atom is 0.317 e. The van der Waals surface area contributed by atoms with Crippen LogP contribution < -0.4 is 5.32 Å². The molecule has 24 heavy (non-hydrogen) atoms. The second-order valence-electron chi connectivity index (χ2n) is 5.49. The first-order valence-corrected chi connectivity index (χ1v) is 7.74. The normalized spacial score (nSPS) is 10.4. The molecule has 0 spiro atoms. The molecule has 2 amide bonds. The van der Waals surface area contributed by atoms with Gasteiger partial charge in [-0.3, -0.25) is 14.8 Å². The summed E-state index contributed by atoms with van der Waals surface area (Å²) in [6.07, 6.45) is 4.40. The molecule has 0 aliphatic carbocycles. The monoisotopic (exact) mass is 331 g/mol. The Bertz CT molecular complexity index is 713. The number of aryl methyl sites for hydroxylation is 1. The molecule has 1 aromatic carbocycles. The van der Waals surface area contributed by atoms with Crippen LogP contribution in [0, 0.1) is 10.1 Å². The van der Waals surface area contributed by atoms with Gasteiger partial charge in [0.15, 0.2) is 0 Å². The van der Waals surface area contributed by atoms with Crippen LogP contribution in [-0.4, -0.2) is 32.2 Å². The summed E-state index contributed by atoms with van der Waals surface area (Å²) in [6.45, 7) is 3.15. The molecular weight excluding hydrogens is 310 g/mol. The molecule has 2 rings (SSSR count). The van der Waals surface area contributed by atoms with Crippen LogP contribution in [0.5, 0.6) is 0 Å². The number of nitro benzene ring substituents is 1. The number of nitro groups is 1. The van der Waals surface area contributed by atoms with Crippen molar-refractivity contribution < 1.29 is 9.72 Å². The fourth-order valence-electron chi connectivity index (χ4n) is 2.42. The van der Waals surface area contributed by atoms with E-state index in [9.17, 15) is 14.9 Å². The van der Waals surface area contributed by atoms with Crippen molar-refractivity contribution in [2.24, 2.45) is 7.05 Å². The van der Waals surface area contributed by atoms with Crippen molar-refractivity contribution in [2.75, 3.05) is 6.54 Å². The van der Waals surface area contributed by atoms with Crippen molar-refractivity contribution in [2.45, 2.75) is 26.4 Å². The predicted molar refractivity (Wildman–Crippen MR) is 89.2 cm³/mol. The summed E-state index contributed by atoms with van der Waals surface area (Å²) in [5.41, 5.74) is 1.42. The van der Waals surface area contributed by atoms with Crippen LogP contribution >= 0.6 is 0 Å². The van der Waals surface area contributed by atoms with E-state index in [4.69, 9.17) is 0 Å². The largest absolute Gasteiger partial charge is 0.334 e. The van der Waals surface area contributed by atoms with Gasteiger partial charge in [0.25, 0.3) is 5.69 Å². The molecule has 0 aliphatic rings. The van der Waals surface area contributed by atoms with Crippen LogP contribution in [0.15, 0.2) is 36.7 Å². The standard InChI is InChI=1S/C16H21N5O3/c1-3-8-20(12-13-9-18-19(2)11-13)16(22)17-10-14-6-4-5-7-15(14)21(23)24/h4-7,9,11H,3,8,10,12H2,1-2H3,(H,17,22). The van der Waals surface area contributed by atoms with Gasteiger partial charge in [-0.15, -0.1) is 0 Å². The van der Waals surface area contributed by atoms with Crippen LogP contribution in [0.1, 0.15) is 24.5 Å². The van der Waals surface area contributed by atoms with Gasteiger partial charge < -0.3 is 10.2 Å². The first kappa shape index (κ1) is 17.5. The van der Waals surface area contributed by atoms with Crippen LogP contribution in [0.25, 0.3) is 0 Å². The van der Waals surface area contributed by atoms with Gasteiger partial charge in [-0.1, -0.05) is 25.1 Å². The summed E-state index contributed by atoms with van der Waals surface area (Å²) in [5.74, 6) is 0. The SMILES string of the molecule is CCCN(Cc1cnn(C)c1)C(=O)NCc1ccccc1[N+](=O)[O-]. The van der Waals surface area contributed by atoms with Gasteiger partial charge in [-0.05, 0) is 6.42 Å². The van der Waals surface area contributed by atoms with Crippen LogP contribution in [0.3, 0.4) is 0 Å². The minimum atomic E-state index is -0.444. The number of urea groups is 1. The zero-order valence-electron chi connectivity index (χ0n) is 13.8. The molecule has 0 aliphatic heterocycles. The molecule has 0 saturated carbocycles. The molecule has 0 saturated heterocycles. The fraction of sp³-hybridized carbons (Fsp3) is 0.375. The lowest BCUT2D eigenvalue weighted by Gasteiger charge is -2.22. The summed E-state index contributed by atoms with van der Waals surface area (Å²) in [7, 11) is 1.82. The number of rotatable bonds is 7. The summed E-state index contributed by atoms with van der Waals surface area (Å²) in [6, 6.07) is 6.15. The van der Waals surface area contributed by atoms with E-state index in [-0.39, 0.29) is 18.3 Å². The number of para-hydroxylation sites is 1. The van der Waals surface area contributed by atoms with Crippen molar-refractivity contribution in [3.8, 4) is 0 Å². The van der Waals surface area contributed by atoms with Crippen LogP contribution in [0.4, 0.5) is 10.5 Å². The predicted octanol–water partition coefficient (Wildman–Crippen LogP) is 2.45. The second-order valence-corrected chi connectivity index (χ2v) is 5.49. The number of amides is 2. The third-order valence-corrected chi connectivity index (χ3v) is 3.53. The molecule has 1 N–H and O–H groups in total. The highest BCUT2D eigenvalue weighted by Gasteiger charge is 2.17. The van der Waals surface area contributed by atoms with Crippen molar-refractivity contribution in [1.82, 2.24) is 20.0 Å². The maximum absolute atomic E-state index is 12.4. The molecule has 0 atom stereocenters. The number of aromatic nitrogens is 2. The minimum Gasteiger partial charge on any atom is -0.334 e. The highest BCUT2D eigenvalue weighted by Crippen LogP contribution is 2.17. The smallest absolute Gasteiger partial charge is 0.317 e. The Kier molecular flexibility index (Phi) is 5.89. The zero-order valence-corrected chi connectivity index (χ0v) is 13.8. The molecular formula is C16H21N5O3. The number of benzene rings is 1. The molecule has 0 fully saturated rings. The Morgan fingerprint density at radius 1 is 1.42 bits per heavy atom. The molecule has 128 valence electrons. The van der Waals surface area contributed by atoms with Gasteiger partial charge in [-0.25, -0.2) is 4.79 Å². The third kappa shape index (κ3) is 4.55. The van der Waals surface area contributed by atoms with E-state index in [1.807, 2.05) is 20.2 Å². The molecule has 1 heterocycles. The third-order valence-electron chi connectivity index (χ3n) is 3.53. The number of hydrogen-bond donors (Lipinski definition) is 1. The van der Waals surface area contributed by atoms with Gasteiger partial charge >= 0.3 is 6.03 Å². The number of carbonyl (C=O) groups excluding carboxylic acids is 1. The quantitative estimate of drug-likeness (QED) is 0.623. The van der Waals surface area contributed by atoms with Crippen molar-refractivity contribution in [3.05, 3.63) is 57.9 Å². The van der Waals surface area contributed by atoms with Gasteiger partial charge in [-0.2, -0.15) is 5.10 Å². The maximum atomic E-state index is 12.4. The Hall–Kier alpha value is -2.90. The summed E-state index contributed by atoms with van der Waals surface area (Å²) in [5, 5.41) is 17.9. The minimum absolute atomic E-state index is 0.00657. The van der Waals surface area contributed by atoms with Crippen molar-refractivity contribution in [3.63, 3.8) is 0 Å². The van der Waals surface area contributed by atoms with E-state index >= 15 is 0 Å². The van der Waals surface area contributed by atoms with Gasteiger partial charge in [0.05, 0.1) is 24.2 Å². The van der Waals surface area contributed by atoms with Gasteiger partial charge in [0, 0.05) is 37.0 Å². The number of hydrogen-bond acceptors (Lipinski definition) is 4. The number of carbonyl (C=O) groups is 1. The second kappa shape index (κ2) is 8.09. The molecule has 0 bridgehead atoms. The van der Waals surface area contributed by atoms with Crippen LogP contribution in [-0.2, 0) is 20.1 Å². The zero-order chi connectivity index (χ0) is 17.5. The topological polar surface area (TPSA) is 93.3 Å². The fourth-order valence-corrected chi connectivity index (χ4v) is 2.42. The van der Waals surface area contributed by atoms with E-state index < -0.39 is 4.92 Å². The highest BCUT2D eigenvalue weighted by atomic mass is 16.6. The molecule has 0 radical (unpaired) electrons. The van der Waals surface area contributed by atoms with Crippen LogP contribution in [0.2, 0.25) is 0 Å². The van der Waals surface area contributed by atoms with Gasteiger partial charge in [0.1, 0.15) is 0 Å². The Morgan fingerprint density at radius 3 is 2.79 bits per heavy atom. The highest BCUT2D eigenvalue weighted by molar-refractivity contribution is 5.74. The summed E-state index contributed by atoms with van der Waals surface area (Å²) < 4.78 is 1.69. The lowest BCUT2D eigenvalue weighted by atomic mass is 10.2.